The van der Waals surface area contributed by atoms with Crippen LogP contribution >= 0.6 is 11.6 Å². The number of benzene rings is 2. The van der Waals surface area contributed by atoms with E-state index in [9.17, 15) is 23.1 Å². The van der Waals surface area contributed by atoms with Gasteiger partial charge in [0.25, 0.3) is 16.1 Å². The Kier molecular flexibility index (Phi) is 5.78. The van der Waals surface area contributed by atoms with Gasteiger partial charge in [-0.25, -0.2) is 0 Å². The van der Waals surface area contributed by atoms with Crippen molar-refractivity contribution in [3.05, 3.63) is 70.7 Å². The number of nitrogens with zero attached hydrogens (tertiary/aromatic N) is 2. The molecule has 1 aliphatic heterocycles. The summed E-state index contributed by atoms with van der Waals surface area (Å²) in [5.74, 6) is -1.84. The number of hydrogen-bond donors (Lipinski definition) is 2. The third kappa shape index (κ3) is 4.31. The van der Waals surface area contributed by atoms with Crippen LogP contribution in [-0.4, -0.2) is 66.3 Å². The molecule has 2 atom stereocenters. The Hall–Kier alpha value is -2.46. The molecular weight excluding hydrogens is 442 g/mol. The zero-order chi connectivity index (χ0) is 22.2. The van der Waals surface area contributed by atoms with E-state index in [4.69, 9.17) is 11.6 Å². The second-order valence-corrected chi connectivity index (χ2v) is 9.86. The quantitative estimate of drug-likeness (QED) is 0.680. The molecule has 2 aromatic rings. The van der Waals surface area contributed by atoms with Gasteiger partial charge in [-0.3, -0.25) is 9.59 Å². The Bertz CT molecular complexity index is 1100. The van der Waals surface area contributed by atoms with E-state index in [2.05, 4.69) is 4.72 Å². The number of hydrogen-bond acceptors (Lipinski definition) is 4. The predicted molar refractivity (Wildman–Crippen MR) is 115 cm³/mol. The van der Waals surface area contributed by atoms with Crippen LogP contribution < -0.4 is 4.72 Å². The van der Waals surface area contributed by atoms with Crippen LogP contribution in [0.2, 0.25) is 5.02 Å². The minimum Gasteiger partial charge on any atom is -0.480 e. The average Bonchev–Trinajstić information content (AvgIpc) is 3.49. The van der Waals surface area contributed by atoms with Gasteiger partial charge in [-0.15, -0.1) is 0 Å². The number of carboxylic acids is 1. The molecule has 31 heavy (non-hydrogen) atoms. The van der Waals surface area contributed by atoms with Crippen molar-refractivity contribution in [1.82, 2.24) is 13.9 Å². The van der Waals surface area contributed by atoms with Crippen LogP contribution in [0.3, 0.4) is 0 Å². The largest absolute Gasteiger partial charge is 0.480 e. The summed E-state index contributed by atoms with van der Waals surface area (Å²) < 4.78 is 29.5. The molecule has 1 aliphatic carbocycles. The van der Waals surface area contributed by atoms with Crippen LogP contribution in [0.15, 0.2) is 54.6 Å². The molecule has 0 spiro atoms. The molecule has 8 nitrogen and oxygen atoms in total. The highest BCUT2D eigenvalue weighted by atomic mass is 35.5. The smallest absolute Gasteiger partial charge is 0.325 e. The summed E-state index contributed by atoms with van der Waals surface area (Å²) in [5, 5.41) is 10.2. The monoisotopic (exact) mass is 463 g/mol. The fourth-order valence-corrected chi connectivity index (χ4v) is 5.71. The van der Waals surface area contributed by atoms with E-state index >= 15 is 0 Å². The highest BCUT2D eigenvalue weighted by Gasteiger charge is 2.63. The lowest BCUT2D eigenvalue weighted by atomic mass is 10.1. The first-order valence-corrected chi connectivity index (χ1v) is 11.7. The maximum Gasteiger partial charge on any atom is 0.325 e. The van der Waals surface area contributed by atoms with Crippen molar-refractivity contribution >= 4 is 33.7 Å². The predicted octanol–water partition coefficient (Wildman–Crippen LogP) is 1.94. The van der Waals surface area contributed by atoms with E-state index in [1.807, 2.05) is 6.07 Å². The van der Waals surface area contributed by atoms with Gasteiger partial charge in [-0.2, -0.15) is 17.4 Å². The van der Waals surface area contributed by atoms with Crippen molar-refractivity contribution in [3.8, 4) is 0 Å². The molecule has 2 aromatic carbocycles. The fourth-order valence-electron chi connectivity index (χ4n) is 3.97. The van der Waals surface area contributed by atoms with E-state index in [1.54, 1.807) is 53.4 Å². The lowest BCUT2D eigenvalue weighted by Crippen LogP contribution is -2.56. The van der Waals surface area contributed by atoms with Gasteiger partial charge in [0.1, 0.15) is 5.54 Å². The van der Waals surface area contributed by atoms with Crippen LogP contribution in [0.4, 0.5) is 0 Å². The molecular formula is C21H22ClN3O5S. The molecule has 1 heterocycles. The topological polar surface area (TPSA) is 107 Å². The van der Waals surface area contributed by atoms with E-state index in [1.165, 1.54) is 4.31 Å². The molecule has 10 heteroatoms. The lowest BCUT2D eigenvalue weighted by molar-refractivity contribution is -0.140. The van der Waals surface area contributed by atoms with E-state index in [0.717, 1.165) is 5.56 Å². The zero-order valence-corrected chi connectivity index (χ0v) is 18.1. The first kappa shape index (κ1) is 21.8. The number of nitrogens with one attached hydrogen (secondary N) is 1. The Morgan fingerprint density at radius 3 is 2.32 bits per heavy atom. The summed E-state index contributed by atoms with van der Waals surface area (Å²) in [4.78, 5) is 26.2. The Morgan fingerprint density at radius 1 is 1.03 bits per heavy atom. The zero-order valence-electron chi connectivity index (χ0n) is 16.6. The number of carboxylic acid groups (broad SMARTS) is 1. The number of halogens is 1. The second-order valence-electron chi connectivity index (χ2n) is 7.75. The number of piperazine rings is 1. The first-order valence-electron chi connectivity index (χ1n) is 9.85. The molecule has 2 aliphatic rings. The molecule has 1 amide bonds. The van der Waals surface area contributed by atoms with Gasteiger partial charge in [0.05, 0.1) is 0 Å². The van der Waals surface area contributed by atoms with Crippen LogP contribution in [0.1, 0.15) is 28.3 Å². The van der Waals surface area contributed by atoms with Crippen molar-refractivity contribution in [2.45, 2.75) is 17.9 Å². The van der Waals surface area contributed by atoms with Crippen molar-refractivity contribution in [3.63, 3.8) is 0 Å². The summed E-state index contributed by atoms with van der Waals surface area (Å²) in [7, 11) is -4.04. The van der Waals surface area contributed by atoms with Gasteiger partial charge in [-0.1, -0.05) is 48.0 Å². The molecule has 0 aromatic heterocycles. The van der Waals surface area contributed by atoms with Gasteiger partial charge < -0.3 is 10.0 Å². The summed E-state index contributed by atoms with van der Waals surface area (Å²) in [6, 6.07) is 15.6. The molecule has 1 saturated carbocycles. The minimum atomic E-state index is -4.04. The SMILES string of the molecule is O=C(c1cccc(Cl)c1)N1CCN(S(=O)(=O)N[C@]2(C(=O)O)C[C@H]2c2ccccc2)CC1. The lowest BCUT2D eigenvalue weighted by Gasteiger charge is -2.34. The Morgan fingerprint density at radius 2 is 1.71 bits per heavy atom. The normalized spacial score (nSPS) is 24.0. The molecule has 0 bridgehead atoms. The molecule has 0 unspecified atom stereocenters. The van der Waals surface area contributed by atoms with Crippen LogP contribution in [0.5, 0.6) is 0 Å². The van der Waals surface area contributed by atoms with Gasteiger partial charge in [0.15, 0.2) is 0 Å². The highest BCUT2D eigenvalue weighted by molar-refractivity contribution is 7.87. The summed E-state index contributed by atoms with van der Waals surface area (Å²) in [5.41, 5.74) is -0.325. The van der Waals surface area contributed by atoms with Crippen molar-refractivity contribution in [2.24, 2.45) is 0 Å². The maximum atomic E-state index is 12.9. The molecule has 2 N–H and O–H groups in total. The second kappa shape index (κ2) is 8.23. The Balaban J connectivity index is 1.42. The molecule has 0 radical (unpaired) electrons. The average molecular weight is 464 g/mol. The van der Waals surface area contributed by atoms with Crippen molar-refractivity contribution in [2.75, 3.05) is 26.2 Å². The van der Waals surface area contributed by atoms with E-state index in [0.29, 0.717) is 10.6 Å². The van der Waals surface area contributed by atoms with Gasteiger partial charge in [-0.05, 0) is 30.2 Å². The van der Waals surface area contributed by atoms with Gasteiger partial charge in [0, 0.05) is 42.7 Å². The van der Waals surface area contributed by atoms with Crippen molar-refractivity contribution in [1.29, 1.82) is 0 Å². The maximum absolute atomic E-state index is 12.9. The molecule has 4 rings (SSSR count). The summed E-state index contributed by atoms with van der Waals surface area (Å²) >= 11 is 5.95. The molecule has 164 valence electrons. The number of carbonyl (C=O) groups is 2. The highest BCUT2D eigenvalue weighted by Crippen LogP contribution is 2.52. The summed E-state index contributed by atoms with van der Waals surface area (Å²) in [6.07, 6.45) is 0.193. The van der Waals surface area contributed by atoms with Crippen LogP contribution in [0.25, 0.3) is 0 Å². The number of rotatable bonds is 6. The standard InChI is InChI=1S/C21H22ClN3O5S/c22-17-8-4-7-16(13-17)19(26)24-9-11-25(12-10-24)31(29,30)23-21(20(27)28)14-18(21)15-5-2-1-3-6-15/h1-8,13,18,23H,9-12,14H2,(H,27,28)/t18-,21+/m0/s1. The van der Waals surface area contributed by atoms with Crippen LogP contribution in [-0.2, 0) is 15.0 Å². The Labute approximate surface area is 185 Å². The third-order valence-electron chi connectivity index (χ3n) is 5.79. The van der Waals surface area contributed by atoms with E-state index in [-0.39, 0.29) is 38.5 Å². The van der Waals surface area contributed by atoms with Gasteiger partial charge >= 0.3 is 5.97 Å². The fraction of sp³-hybridized carbons (Fsp3) is 0.333. The minimum absolute atomic E-state index is 0.0767. The number of amides is 1. The summed E-state index contributed by atoms with van der Waals surface area (Å²) in [6.45, 7) is 0.559. The number of aliphatic carboxylic acids is 1. The molecule has 2 fully saturated rings. The van der Waals surface area contributed by atoms with E-state index < -0.39 is 27.6 Å². The van der Waals surface area contributed by atoms with Crippen LogP contribution in [0, 0.1) is 0 Å². The first-order chi connectivity index (χ1) is 14.7. The molecule has 1 saturated heterocycles. The van der Waals surface area contributed by atoms with Crippen molar-refractivity contribution < 1.29 is 23.1 Å². The third-order valence-corrected chi connectivity index (χ3v) is 7.70. The number of carbonyl (C=O) groups excluding carboxylic acids is 1. The van der Waals surface area contributed by atoms with Gasteiger partial charge in [0.2, 0.25) is 0 Å².